The van der Waals surface area contributed by atoms with E-state index in [0.717, 1.165) is 38.5 Å². The summed E-state index contributed by atoms with van der Waals surface area (Å²) < 4.78 is 5.20. The number of carbonyl (C=O) groups is 2. The molecule has 0 aromatic heterocycles. The number of carboxylic acid groups (broad SMARTS) is 1. The average Bonchev–Trinajstić information content (AvgIpc) is 2.79. The van der Waals surface area contributed by atoms with E-state index in [1.54, 1.807) is 0 Å². The zero-order valence-electron chi connectivity index (χ0n) is 20.1. The molecule has 6 heteroatoms. The molecule has 0 saturated heterocycles. The van der Waals surface area contributed by atoms with Crippen molar-refractivity contribution in [1.82, 2.24) is 10.6 Å². The van der Waals surface area contributed by atoms with Crippen molar-refractivity contribution in [3.63, 3.8) is 0 Å². The minimum absolute atomic E-state index is 0.0122. The first-order chi connectivity index (χ1) is 16.2. The van der Waals surface area contributed by atoms with Crippen LogP contribution in [-0.2, 0) is 9.53 Å². The summed E-state index contributed by atoms with van der Waals surface area (Å²) in [7, 11) is 0. The molecule has 0 aliphatic rings. The monoisotopic (exact) mass is 458 g/mol. The molecule has 2 amide bonds. The predicted octanol–water partition coefficient (Wildman–Crippen LogP) is 5.86. The number of hydrogen-bond donors (Lipinski definition) is 3. The van der Waals surface area contributed by atoms with Gasteiger partial charge in [-0.15, -0.1) is 0 Å². The molecule has 0 aromatic rings. The zero-order valence-corrected chi connectivity index (χ0v) is 20.1. The lowest BCUT2D eigenvalue weighted by atomic mass is 10.2. The molecule has 0 saturated carbocycles. The van der Waals surface area contributed by atoms with Crippen LogP contribution in [0.15, 0.2) is 72.9 Å². The largest absolute Gasteiger partial charge is 0.465 e. The fourth-order valence-corrected chi connectivity index (χ4v) is 2.54. The van der Waals surface area contributed by atoms with Crippen molar-refractivity contribution >= 4 is 12.0 Å². The first-order valence-electron chi connectivity index (χ1n) is 11.9. The Morgan fingerprint density at radius 1 is 0.667 bits per heavy atom. The van der Waals surface area contributed by atoms with Crippen molar-refractivity contribution in [2.24, 2.45) is 0 Å². The summed E-state index contributed by atoms with van der Waals surface area (Å²) in [6.07, 6.45) is 31.9. The average molecular weight is 459 g/mol. The summed E-state index contributed by atoms with van der Waals surface area (Å²) in [5.74, 6) is -0.0122. The maximum Gasteiger partial charge on any atom is 0.404 e. The van der Waals surface area contributed by atoms with Crippen molar-refractivity contribution in [3.8, 4) is 0 Å². The lowest BCUT2D eigenvalue weighted by Crippen LogP contribution is -2.29. The van der Waals surface area contributed by atoms with Gasteiger partial charge in [0.05, 0.1) is 13.2 Å². The Labute approximate surface area is 199 Å². The maximum atomic E-state index is 11.7. The molecule has 184 valence electrons. The van der Waals surface area contributed by atoms with Crippen LogP contribution in [0.1, 0.15) is 58.3 Å². The first-order valence-corrected chi connectivity index (χ1v) is 11.9. The standard InChI is InChI=1S/C27H42N2O4/c1-2-3-4-5-6-7-8-9-10-11-12-13-14-15-16-17-18-19-20-21-26(30)28-22-24-33-25-23-29-27(31)32/h3-4,6-7,9-10,12-13,15-16,18-19,29H,2,5,8,11,14,17,20-25H2,1H3,(H,28,30)(H,31,32)/b4-3-,7-6-,10-9-,13-12-,16-15-,19-18-. The van der Waals surface area contributed by atoms with Crippen molar-refractivity contribution in [2.45, 2.75) is 58.3 Å². The minimum Gasteiger partial charge on any atom is -0.465 e. The third kappa shape index (κ3) is 27.1. The van der Waals surface area contributed by atoms with Gasteiger partial charge in [0.25, 0.3) is 0 Å². The van der Waals surface area contributed by atoms with Gasteiger partial charge in [-0.1, -0.05) is 79.8 Å². The van der Waals surface area contributed by atoms with Crippen molar-refractivity contribution < 1.29 is 19.4 Å². The third-order valence-corrected chi connectivity index (χ3v) is 4.23. The van der Waals surface area contributed by atoms with Crippen molar-refractivity contribution in [2.75, 3.05) is 26.3 Å². The molecule has 0 spiro atoms. The van der Waals surface area contributed by atoms with Crippen LogP contribution >= 0.6 is 0 Å². The molecule has 0 unspecified atom stereocenters. The zero-order chi connectivity index (χ0) is 24.2. The van der Waals surface area contributed by atoms with Crippen LogP contribution in [-0.4, -0.2) is 43.4 Å². The second kappa shape index (κ2) is 25.4. The normalized spacial score (nSPS) is 12.4. The van der Waals surface area contributed by atoms with Crippen LogP contribution in [0.3, 0.4) is 0 Å². The van der Waals surface area contributed by atoms with E-state index >= 15 is 0 Å². The number of amides is 2. The van der Waals surface area contributed by atoms with E-state index in [1.165, 1.54) is 0 Å². The highest BCUT2D eigenvalue weighted by Crippen LogP contribution is 1.97. The fourth-order valence-electron chi connectivity index (χ4n) is 2.54. The highest BCUT2D eigenvalue weighted by atomic mass is 16.5. The molecule has 0 bridgehead atoms. The molecular weight excluding hydrogens is 416 g/mol. The summed E-state index contributed by atoms with van der Waals surface area (Å²) in [5, 5.41) is 13.4. The molecule has 0 radical (unpaired) electrons. The lowest BCUT2D eigenvalue weighted by Gasteiger charge is -2.05. The van der Waals surface area contributed by atoms with E-state index in [-0.39, 0.29) is 12.5 Å². The topological polar surface area (TPSA) is 87.7 Å². The summed E-state index contributed by atoms with van der Waals surface area (Å²) in [6.45, 7) is 3.47. The smallest absolute Gasteiger partial charge is 0.404 e. The van der Waals surface area contributed by atoms with Gasteiger partial charge in [0.15, 0.2) is 0 Å². The highest BCUT2D eigenvalue weighted by Gasteiger charge is 1.98. The van der Waals surface area contributed by atoms with Crippen LogP contribution in [0, 0.1) is 0 Å². The SMILES string of the molecule is CC/C=C\C/C=C\C/C=C\C/C=C\C/C=C\C/C=C\CCC(=O)NCCOCCNC(=O)O. The highest BCUT2D eigenvalue weighted by molar-refractivity contribution is 5.75. The van der Waals surface area contributed by atoms with Crippen LogP contribution in [0.4, 0.5) is 4.79 Å². The molecule has 33 heavy (non-hydrogen) atoms. The Morgan fingerprint density at radius 2 is 1.09 bits per heavy atom. The molecule has 0 atom stereocenters. The Balaban J connectivity index is 3.53. The van der Waals surface area contributed by atoms with E-state index in [2.05, 4.69) is 84.4 Å². The number of nitrogens with one attached hydrogen (secondary N) is 2. The van der Waals surface area contributed by atoms with Crippen LogP contribution < -0.4 is 10.6 Å². The van der Waals surface area contributed by atoms with Gasteiger partial charge < -0.3 is 20.5 Å². The van der Waals surface area contributed by atoms with Gasteiger partial charge in [-0.3, -0.25) is 4.79 Å². The van der Waals surface area contributed by atoms with E-state index in [9.17, 15) is 9.59 Å². The van der Waals surface area contributed by atoms with Gasteiger partial charge in [-0.25, -0.2) is 4.79 Å². The maximum absolute atomic E-state index is 11.7. The van der Waals surface area contributed by atoms with E-state index in [0.29, 0.717) is 32.6 Å². The predicted molar refractivity (Wildman–Crippen MR) is 137 cm³/mol. The van der Waals surface area contributed by atoms with Gasteiger partial charge in [-0.05, 0) is 44.9 Å². The molecule has 0 aliphatic carbocycles. The molecule has 0 heterocycles. The Morgan fingerprint density at radius 3 is 1.55 bits per heavy atom. The number of allylic oxidation sites excluding steroid dienone is 12. The number of ether oxygens (including phenoxy) is 1. The van der Waals surface area contributed by atoms with Gasteiger partial charge in [0, 0.05) is 19.5 Å². The van der Waals surface area contributed by atoms with Gasteiger partial charge in [-0.2, -0.15) is 0 Å². The van der Waals surface area contributed by atoms with E-state index < -0.39 is 6.09 Å². The molecule has 6 nitrogen and oxygen atoms in total. The summed E-state index contributed by atoms with van der Waals surface area (Å²) >= 11 is 0. The van der Waals surface area contributed by atoms with Crippen LogP contribution in [0.5, 0.6) is 0 Å². The number of rotatable bonds is 20. The second-order valence-corrected chi connectivity index (χ2v) is 7.15. The molecule has 0 aliphatic heterocycles. The van der Waals surface area contributed by atoms with E-state index in [1.807, 2.05) is 6.08 Å². The Hall–Kier alpha value is -2.86. The molecule has 3 N–H and O–H groups in total. The first kappa shape index (κ1) is 30.1. The van der Waals surface area contributed by atoms with E-state index in [4.69, 9.17) is 9.84 Å². The quantitative estimate of drug-likeness (QED) is 0.157. The van der Waals surface area contributed by atoms with Crippen molar-refractivity contribution in [3.05, 3.63) is 72.9 Å². The van der Waals surface area contributed by atoms with Gasteiger partial charge in [0.2, 0.25) is 5.91 Å². The number of hydrogen-bond acceptors (Lipinski definition) is 3. The number of carbonyl (C=O) groups excluding carboxylic acids is 1. The summed E-state index contributed by atoms with van der Waals surface area (Å²) in [5.41, 5.74) is 0. The minimum atomic E-state index is -1.07. The Bertz CT molecular complexity index is 661. The Kier molecular flexibility index (Phi) is 23.2. The fraction of sp³-hybridized carbons (Fsp3) is 0.481. The molecular formula is C27H42N2O4. The van der Waals surface area contributed by atoms with Crippen LogP contribution in [0.2, 0.25) is 0 Å². The van der Waals surface area contributed by atoms with Crippen molar-refractivity contribution in [1.29, 1.82) is 0 Å². The molecule has 0 aromatic carbocycles. The molecule has 0 fully saturated rings. The molecule has 0 rings (SSSR count). The lowest BCUT2D eigenvalue weighted by molar-refractivity contribution is -0.121. The third-order valence-electron chi connectivity index (χ3n) is 4.23. The van der Waals surface area contributed by atoms with Crippen LogP contribution in [0.25, 0.3) is 0 Å². The van der Waals surface area contributed by atoms with Gasteiger partial charge in [0.1, 0.15) is 0 Å². The van der Waals surface area contributed by atoms with Gasteiger partial charge >= 0.3 is 6.09 Å². The summed E-state index contributed by atoms with van der Waals surface area (Å²) in [6, 6.07) is 0. The summed E-state index contributed by atoms with van der Waals surface area (Å²) in [4.78, 5) is 21.9. The second-order valence-electron chi connectivity index (χ2n) is 7.15.